The molecule has 0 N–H and O–H groups in total. The van der Waals surface area contributed by atoms with Crippen molar-refractivity contribution in [2.24, 2.45) is 0 Å². The number of aryl methyl sites for hydroxylation is 1. The molecule has 0 bridgehead atoms. The SMILES string of the molecule is CCc1cc(=O)oc2cc(OC(C)C(=O)N3CCN(c4ncccn4)CC3)ccc12. The normalized spacial score (nSPS) is 15.3. The van der Waals surface area contributed by atoms with E-state index >= 15 is 0 Å². The van der Waals surface area contributed by atoms with Crippen LogP contribution in [0.5, 0.6) is 5.75 Å². The highest BCUT2D eigenvalue weighted by atomic mass is 16.5. The number of fused-ring (bicyclic) bond motifs is 1. The van der Waals surface area contributed by atoms with E-state index in [1.807, 2.05) is 13.0 Å². The first-order valence-electron chi connectivity index (χ1n) is 10.1. The zero-order chi connectivity index (χ0) is 21.1. The summed E-state index contributed by atoms with van der Waals surface area (Å²) in [5.74, 6) is 1.10. The van der Waals surface area contributed by atoms with Gasteiger partial charge in [-0.25, -0.2) is 14.8 Å². The Kier molecular flexibility index (Phi) is 5.65. The van der Waals surface area contributed by atoms with E-state index in [-0.39, 0.29) is 11.5 Å². The van der Waals surface area contributed by atoms with Crippen molar-refractivity contribution in [3.63, 3.8) is 0 Å². The van der Waals surface area contributed by atoms with Crippen LogP contribution in [0.3, 0.4) is 0 Å². The van der Waals surface area contributed by atoms with E-state index in [0.29, 0.717) is 43.5 Å². The summed E-state index contributed by atoms with van der Waals surface area (Å²) in [6.07, 6.45) is 3.51. The van der Waals surface area contributed by atoms with Crippen LogP contribution in [0.4, 0.5) is 5.95 Å². The maximum atomic E-state index is 12.8. The molecule has 3 heterocycles. The Balaban J connectivity index is 1.41. The summed E-state index contributed by atoms with van der Waals surface area (Å²) >= 11 is 0. The Bertz CT molecular complexity index is 1090. The molecular formula is C22H24N4O4. The number of piperazine rings is 1. The third kappa shape index (κ3) is 4.12. The van der Waals surface area contributed by atoms with E-state index in [2.05, 4.69) is 14.9 Å². The monoisotopic (exact) mass is 408 g/mol. The number of anilines is 1. The number of carbonyl (C=O) groups excluding carboxylic acids is 1. The molecule has 8 heteroatoms. The molecule has 1 aliphatic rings. The van der Waals surface area contributed by atoms with Crippen LogP contribution in [-0.4, -0.2) is 53.1 Å². The average Bonchev–Trinajstić information content (AvgIpc) is 2.78. The predicted molar refractivity (Wildman–Crippen MR) is 113 cm³/mol. The van der Waals surface area contributed by atoms with Crippen LogP contribution in [0.15, 0.2) is 51.9 Å². The van der Waals surface area contributed by atoms with Gasteiger partial charge in [0.25, 0.3) is 5.91 Å². The smallest absolute Gasteiger partial charge is 0.336 e. The van der Waals surface area contributed by atoms with Crippen LogP contribution in [0, 0.1) is 0 Å². The highest BCUT2D eigenvalue weighted by molar-refractivity contribution is 5.83. The number of amides is 1. The molecule has 1 fully saturated rings. The van der Waals surface area contributed by atoms with Gasteiger partial charge in [0.05, 0.1) is 0 Å². The summed E-state index contributed by atoms with van der Waals surface area (Å²) in [4.78, 5) is 37.0. The molecule has 1 unspecified atom stereocenters. The lowest BCUT2D eigenvalue weighted by molar-refractivity contribution is -0.138. The van der Waals surface area contributed by atoms with Gasteiger partial charge in [-0.3, -0.25) is 4.79 Å². The molecule has 1 atom stereocenters. The molecule has 2 aromatic heterocycles. The van der Waals surface area contributed by atoms with Crippen LogP contribution in [0.1, 0.15) is 19.4 Å². The molecule has 30 heavy (non-hydrogen) atoms. The summed E-state index contributed by atoms with van der Waals surface area (Å²) in [7, 11) is 0. The molecule has 1 amide bonds. The topological polar surface area (TPSA) is 88.8 Å². The maximum Gasteiger partial charge on any atom is 0.336 e. The second-order valence-electron chi connectivity index (χ2n) is 7.22. The van der Waals surface area contributed by atoms with E-state index in [4.69, 9.17) is 9.15 Å². The van der Waals surface area contributed by atoms with E-state index in [1.54, 1.807) is 42.4 Å². The molecule has 1 aliphatic heterocycles. The second-order valence-corrected chi connectivity index (χ2v) is 7.22. The molecule has 3 aromatic rings. The first-order chi connectivity index (χ1) is 14.5. The first kappa shape index (κ1) is 19.9. The number of aromatic nitrogens is 2. The van der Waals surface area contributed by atoms with Gasteiger partial charge in [-0.15, -0.1) is 0 Å². The first-order valence-corrected chi connectivity index (χ1v) is 10.1. The fourth-order valence-electron chi connectivity index (χ4n) is 3.67. The van der Waals surface area contributed by atoms with Gasteiger partial charge in [-0.2, -0.15) is 0 Å². The number of carbonyl (C=O) groups is 1. The minimum Gasteiger partial charge on any atom is -0.481 e. The third-order valence-electron chi connectivity index (χ3n) is 5.27. The Morgan fingerprint density at radius 2 is 1.90 bits per heavy atom. The second kappa shape index (κ2) is 8.52. The Labute approximate surface area is 174 Å². The zero-order valence-corrected chi connectivity index (χ0v) is 17.1. The Morgan fingerprint density at radius 3 is 2.60 bits per heavy atom. The quantitative estimate of drug-likeness (QED) is 0.598. The molecule has 0 spiro atoms. The lowest BCUT2D eigenvalue weighted by Gasteiger charge is -2.35. The standard InChI is InChI=1S/C22H24N4O4/c1-3-16-13-20(27)30-19-14-17(5-6-18(16)19)29-15(2)21(28)25-9-11-26(12-10-25)22-23-7-4-8-24-22/h4-8,13-15H,3,9-12H2,1-2H3. The molecule has 1 aromatic carbocycles. The van der Waals surface area contributed by atoms with Crippen LogP contribution in [0.2, 0.25) is 0 Å². The van der Waals surface area contributed by atoms with Crippen molar-refractivity contribution in [3.8, 4) is 5.75 Å². The highest BCUT2D eigenvalue weighted by Gasteiger charge is 2.27. The lowest BCUT2D eigenvalue weighted by atomic mass is 10.1. The molecular weight excluding hydrogens is 384 g/mol. The van der Waals surface area contributed by atoms with E-state index in [9.17, 15) is 9.59 Å². The van der Waals surface area contributed by atoms with Gasteiger partial charge in [0, 0.05) is 56.1 Å². The molecule has 156 valence electrons. The van der Waals surface area contributed by atoms with Crippen LogP contribution in [0.25, 0.3) is 11.0 Å². The van der Waals surface area contributed by atoms with E-state index in [1.165, 1.54) is 6.07 Å². The number of rotatable bonds is 5. The Hall–Kier alpha value is -3.42. The summed E-state index contributed by atoms with van der Waals surface area (Å²) in [5.41, 5.74) is 1.01. The average molecular weight is 408 g/mol. The Morgan fingerprint density at radius 1 is 1.17 bits per heavy atom. The van der Waals surface area contributed by atoms with Crippen molar-refractivity contribution in [1.29, 1.82) is 0 Å². The molecule has 0 aliphatic carbocycles. The lowest BCUT2D eigenvalue weighted by Crippen LogP contribution is -2.52. The summed E-state index contributed by atoms with van der Waals surface area (Å²) in [6, 6.07) is 8.63. The van der Waals surface area contributed by atoms with Crippen LogP contribution >= 0.6 is 0 Å². The van der Waals surface area contributed by atoms with E-state index < -0.39 is 6.10 Å². The van der Waals surface area contributed by atoms with Gasteiger partial charge in [-0.1, -0.05) is 6.92 Å². The maximum absolute atomic E-state index is 12.8. The van der Waals surface area contributed by atoms with Crippen molar-refractivity contribution in [3.05, 3.63) is 58.7 Å². The van der Waals surface area contributed by atoms with Crippen LogP contribution < -0.4 is 15.3 Å². The van der Waals surface area contributed by atoms with Gasteiger partial charge in [0.15, 0.2) is 6.10 Å². The largest absolute Gasteiger partial charge is 0.481 e. The van der Waals surface area contributed by atoms with Gasteiger partial charge < -0.3 is 19.0 Å². The summed E-state index contributed by atoms with van der Waals surface area (Å²) < 4.78 is 11.2. The van der Waals surface area contributed by atoms with Gasteiger partial charge in [-0.05, 0) is 37.1 Å². The summed E-state index contributed by atoms with van der Waals surface area (Å²) in [6.45, 7) is 6.22. The molecule has 4 rings (SSSR count). The fraction of sp³-hybridized carbons (Fsp3) is 0.364. The van der Waals surface area contributed by atoms with Gasteiger partial charge in [0.2, 0.25) is 5.95 Å². The van der Waals surface area contributed by atoms with E-state index in [0.717, 1.165) is 17.4 Å². The van der Waals surface area contributed by atoms with Crippen molar-refractivity contribution in [2.45, 2.75) is 26.4 Å². The number of ether oxygens (including phenoxy) is 1. The molecule has 0 radical (unpaired) electrons. The van der Waals surface area contributed by atoms with Crippen molar-refractivity contribution < 1.29 is 13.9 Å². The van der Waals surface area contributed by atoms with Crippen molar-refractivity contribution in [1.82, 2.24) is 14.9 Å². The fourth-order valence-corrected chi connectivity index (χ4v) is 3.67. The highest BCUT2D eigenvalue weighted by Crippen LogP contribution is 2.24. The number of hydrogen-bond donors (Lipinski definition) is 0. The zero-order valence-electron chi connectivity index (χ0n) is 17.1. The van der Waals surface area contributed by atoms with Gasteiger partial charge in [0.1, 0.15) is 11.3 Å². The minimum atomic E-state index is -0.650. The van der Waals surface area contributed by atoms with Gasteiger partial charge >= 0.3 is 5.63 Å². The summed E-state index contributed by atoms with van der Waals surface area (Å²) in [5, 5.41) is 0.877. The van der Waals surface area contributed by atoms with Crippen LogP contribution in [-0.2, 0) is 11.2 Å². The molecule has 8 nitrogen and oxygen atoms in total. The number of benzene rings is 1. The van der Waals surface area contributed by atoms with Crippen molar-refractivity contribution in [2.75, 3.05) is 31.1 Å². The minimum absolute atomic E-state index is 0.0764. The third-order valence-corrected chi connectivity index (χ3v) is 5.27. The number of nitrogens with zero attached hydrogens (tertiary/aromatic N) is 4. The predicted octanol–water partition coefficient (Wildman–Crippen LogP) is 2.26. The van der Waals surface area contributed by atoms with Crippen molar-refractivity contribution >= 4 is 22.8 Å². The molecule has 0 saturated carbocycles. The molecule has 1 saturated heterocycles. The number of hydrogen-bond acceptors (Lipinski definition) is 7.